The topological polar surface area (TPSA) is 41.1 Å². The van der Waals surface area contributed by atoms with Gasteiger partial charge in [-0.1, -0.05) is 30.3 Å². The predicted molar refractivity (Wildman–Crippen MR) is 83.1 cm³/mol. The third kappa shape index (κ3) is 5.65. The van der Waals surface area contributed by atoms with Gasteiger partial charge in [-0.25, -0.2) is 0 Å². The third-order valence-corrected chi connectivity index (χ3v) is 3.24. The Morgan fingerprint density at radius 2 is 1.61 bits per heavy atom. The van der Waals surface area contributed by atoms with Crippen molar-refractivity contribution >= 4 is 11.6 Å². The van der Waals surface area contributed by atoms with E-state index in [9.17, 15) is 18.0 Å². The average Bonchev–Trinajstić information content (AvgIpc) is 2.53. The van der Waals surface area contributed by atoms with E-state index < -0.39 is 11.7 Å². The van der Waals surface area contributed by atoms with Gasteiger partial charge in [-0.3, -0.25) is 4.79 Å². The summed E-state index contributed by atoms with van der Waals surface area (Å²) in [7, 11) is 0. The highest BCUT2D eigenvalue weighted by atomic mass is 19.4. The maximum atomic E-state index is 12.4. The van der Waals surface area contributed by atoms with Gasteiger partial charge in [0.2, 0.25) is 5.91 Å². The largest absolute Gasteiger partial charge is 0.416 e. The number of hydrogen-bond acceptors (Lipinski definition) is 2. The Morgan fingerprint density at radius 3 is 2.22 bits per heavy atom. The van der Waals surface area contributed by atoms with Gasteiger partial charge >= 0.3 is 6.18 Å². The van der Waals surface area contributed by atoms with Crippen molar-refractivity contribution in [2.75, 3.05) is 18.4 Å². The SMILES string of the molecule is O=C(CNc1ccc(C(F)(F)F)cc1)NCCc1ccccc1. The Hall–Kier alpha value is -2.50. The summed E-state index contributed by atoms with van der Waals surface area (Å²) in [6, 6.07) is 14.3. The van der Waals surface area contributed by atoms with Crippen molar-refractivity contribution in [3.8, 4) is 0 Å². The molecule has 0 bridgehead atoms. The zero-order valence-corrected chi connectivity index (χ0v) is 12.4. The van der Waals surface area contributed by atoms with Crippen LogP contribution in [0.15, 0.2) is 54.6 Å². The highest BCUT2D eigenvalue weighted by Gasteiger charge is 2.29. The molecule has 2 aromatic carbocycles. The maximum absolute atomic E-state index is 12.4. The summed E-state index contributed by atoms with van der Waals surface area (Å²) in [6.07, 6.45) is -3.62. The molecule has 0 fully saturated rings. The van der Waals surface area contributed by atoms with Gasteiger partial charge < -0.3 is 10.6 Å². The van der Waals surface area contributed by atoms with E-state index in [-0.39, 0.29) is 12.5 Å². The molecule has 1 amide bonds. The summed E-state index contributed by atoms with van der Waals surface area (Å²) in [5, 5.41) is 5.55. The number of halogens is 3. The normalized spacial score (nSPS) is 11.1. The first-order valence-corrected chi connectivity index (χ1v) is 7.17. The molecule has 2 aromatic rings. The second kappa shape index (κ2) is 7.67. The lowest BCUT2D eigenvalue weighted by molar-refractivity contribution is -0.137. The second-order valence-corrected chi connectivity index (χ2v) is 5.01. The molecule has 0 unspecified atom stereocenters. The summed E-state index contributed by atoms with van der Waals surface area (Å²) in [6.45, 7) is 0.525. The lowest BCUT2D eigenvalue weighted by Gasteiger charge is -2.10. The summed E-state index contributed by atoms with van der Waals surface area (Å²) in [5.74, 6) is -0.208. The molecular formula is C17H17F3N2O. The van der Waals surface area contributed by atoms with Crippen LogP contribution in [0.1, 0.15) is 11.1 Å². The Bertz CT molecular complexity index is 625. The van der Waals surface area contributed by atoms with E-state index >= 15 is 0 Å². The van der Waals surface area contributed by atoms with E-state index in [1.807, 2.05) is 30.3 Å². The molecule has 0 radical (unpaired) electrons. The molecule has 0 aliphatic rings. The molecule has 3 nitrogen and oxygen atoms in total. The van der Waals surface area contributed by atoms with E-state index in [1.54, 1.807) is 0 Å². The molecule has 2 rings (SSSR count). The van der Waals surface area contributed by atoms with Crippen molar-refractivity contribution in [2.24, 2.45) is 0 Å². The molecule has 0 saturated heterocycles. The Kier molecular flexibility index (Phi) is 5.62. The number of rotatable bonds is 6. The van der Waals surface area contributed by atoms with Crippen molar-refractivity contribution in [3.63, 3.8) is 0 Å². The number of carbonyl (C=O) groups is 1. The van der Waals surface area contributed by atoms with E-state index in [2.05, 4.69) is 10.6 Å². The van der Waals surface area contributed by atoms with Gasteiger partial charge in [0.15, 0.2) is 0 Å². The molecule has 0 spiro atoms. The van der Waals surface area contributed by atoms with Crippen LogP contribution in [0.2, 0.25) is 0 Å². The van der Waals surface area contributed by atoms with E-state index in [1.165, 1.54) is 12.1 Å². The van der Waals surface area contributed by atoms with Crippen LogP contribution >= 0.6 is 0 Å². The first kappa shape index (κ1) is 16.9. The van der Waals surface area contributed by atoms with Crippen LogP contribution in [0.25, 0.3) is 0 Å². The predicted octanol–water partition coefficient (Wildman–Crippen LogP) is 3.48. The number of nitrogens with one attached hydrogen (secondary N) is 2. The van der Waals surface area contributed by atoms with Crippen LogP contribution in [-0.2, 0) is 17.4 Å². The lowest BCUT2D eigenvalue weighted by Crippen LogP contribution is -2.31. The average molecular weight is 322 g/mol. The number of carbonyl (C=O) groups excluding carboxylic acids is 1. The van der Waals surface area contributed by atoms with Crippen LogP contribution in [-0.4, -0.2) is 19.0 Å². The quantitative estimate of drug-likeness (QED) is 0.855. The molecular weight excluding hydrogens is 305 g/mol. The fraction of sp³-hybridized carbons (Fsp3) is 0.235. The van der Waals surface area contributed by atoms with Crippen LogP contribution in [0.3, 0.4) is 0 Å². The van der Waals surface area contributed by atoms with Crippen LogP contribution in [0.4, 0.5) is 18.9 Å². The second-order valence-electron chi connectivity index (χ2n) is 5.01. The summed E-state index contributed by atoms with van der Waals surface area (Å²) in [5.41, 5.74) is 0.884. The monoisotopic (exact) mass is 322 g/mol. The molecule has 0 heterocycles. The van der Waals surface area contributed by atoms with Crippen molar-refractivity contribution in [1.82, 2.24) is 5.32 Å². The maximum Gasteiger partial charge on any atom is 0.416 e. The van der Waals surface area contributed by atoms with Gasteiger partial charge in [0, 0.05) is 12.2 Å². The number of anilines is 1. The van der Waals surface area contributed by atoms with E-state index in [0.717, 1.165) is 24.1 Å². The summed E-state index contributed by atoms with van der Waals surface area (Å²) >= 11 is 0. The molecule has 0 aliphatic heterocycles. The van der Waals surface area contributed by atoms with Gasteiger partial charge in [0.1, 0.15) is 0 Å². The number of alkyl halides is 3. The van der Waals surface area contributed by atoms with Crippen molar-refractivity contribution in [1.29, 1.82) is 0 Å². The Morgan fingerprint density at radius 1 is 0.957 bits per heavy atom. The standard InChI is InChI=1S/C17H17F3N2O/c18-17(19,20)14-6-8-15(9-7-14)22-12-16(23)21-11-10-13-4-2-1-3-5-13/h1-9,22H,10-12H2,(H,21,23). The Balaban J connectivity index is 1.72. The smallest absolute Gasteiger partial charge is 0.376 e. The van der Waals surface area contributed by atoms with Crippen molar-refractivity contribution in [2.45, 2.75) is 12.6 Å². The first-order valence-electron chi connectivity index (χ1n) is 7.17. The number of hydrogen-bond donors (Lipinski definition) is 2. The van der Waals surface area contributed by atoms with E-state index in [0.29, 0.717) is 12.2 Å². The fourth-order valence-electron chi connectivity index (χ4n) is 2.01. The van der Waals surface area contributed by atoms with Gasteiger partial charge in [0.05, 0.1) is 12.1 Å². The number of benzene rings is 2. The minimum absolute atomic E-state index is 0.0140. The zero-order valence-electron chi connectivity index (χ0n) is 12.4. The molecule has 0 atom stereocenters. The molecule has 6 heteroatoms. The Labute approximate surface area is 132 Å². The molecule has 122 valence electrons. The highest BCUT2D eigenvalue weighted by Crippen LogP contribution is 2.29. The molecule has 2 N–H and O–H groups in total. The van der Waals surface area contributed by atoms with Gasteiger partial charge in [-0.2, -0.15) is 13.2 Å². The minimum atomic E-state index is -4.35. The molecule has 23 heavy (non-hydrogen) atoms. The summed E-state index contributed by atoms with van der Waals surface area (Å²) < 4.78 is 37.3. The third-order valence-electron chi connectivity index (χ3n) is 3.24. The van der Waals surface area contributed by atoms with Gasteiger partial charge in [-0.15, -0.1) is 0 Å². The van der Waals surface area contributed by atoms with Crippen LogP contribution in [0, 0.1) is 0 Å². The van der Waals surface area contributed by atoms with Gasteiger partial charge in [-0.05, 0) is 36.2 Å². The fourth-order valence-corrected chi connectivity index (χ4v) is 2.01. The van der Waals surface area contributed by atoms with Crippen molar-refractivity contribution in [3.05, 3.63) is 65.7 Å². The number of amides is 1. The van der Waals surface area contributed by atoms with Crippen LogP contribution < -0.4 is 10.6 Å². The van der Waals surface area contributed by atoms with E-state index in [4.69, 9.17) is 0 Å². The zero-order chi connectivity index (χ0) is 16.7. The molecule has 0 aliphatic carbocycles. The molecule has 0 saturated carbocycles. The summed E-state index contributed by atoms with van der Waals surface area (Å²) in [4.78, 5) is 11.7. The first-order chi connectivity index (χ1) is 10.9. The molecule has 0 aromatic heterocycles. The lowest BCUT2D eigenvalue weighted by atomic mass is 10.1. The highest BCUT2D eigenvalue weighted by molar-refractivity contribution is 5.80. The van der Waals surface area contributed by atoms with Crippen molar-refractivity contribution < 1.29 is 18.0 Å². The van der Waals surface area contributed by atoms with Crippen LogP contribution in [0.5, 0.6) is 0 Å². The minimum Gasteiger partial charge on any atom is -0.376 e. The van der Waals surface area contributed by atoms with Gasteiger partial charge in [0.25, 0.3) is 0 Å².